The van der Waals surface area contributed by atoms with Crippen LogP contribution in [0.5, 0.6) is 0 Å². The van der Waals surface area contributed by atoms with Crippen LogP contribution in [-0.2, 0) is 10.3 Å². The molecule has 0 bridgehead atoms. The van der Waals surface area contributed by atoms with Crippen LogP contribution < -0.4 is 0 Å². The first-order valence-corrected chi connectivity index (χ1v) is 7.38. The summed E-state index contributed by atoms with van der Waals surface area (Å²) in [6.07, 6.45) is 6.69. The molecule has 1 aromatic heterocycles. The molecule has 4 nitrogen and oxygen atoms in total. The lowest BCUT2D eigenvalue weighted by molar-refractivity contribution is -0.140. The standard InChI is InChI=1S/C13H20N2O2S/c1-13(10-11(16)17,12-14-6-9-18-12)15-7-4-2-3-5-8-15/h6,9H,2-5,7-8,10H2,1H3,(H,16,17). The fourth-order valence-electron chi connectivity index (χ4n) is 2.67. The van der Waals surface area contributed by atoms with E-state index in [9.17, 15) is 9.90 Å². The van der Waals surface area contributed by atoms with Crippen molar-refractivity contribution >= 4 is 17.3 Å². The van der Waals surface area contributed by atoms with Crippen LogP contribution in [0.15, 0.2) is 11.6 Å². The number of carboxylic acid groups (broad SMARTS) is 1. The minimum Gasteiger partial charge on any atom is -0.481 e. The summed E-state index contributed by atoms with van der Waals surface area (Å²) in [6, 6.07) is 0. The van der Waals surface area contributed by atoms with Gasteiger partial charge < -0.3 is 5.11 Å². The van der Waals surface area contributed by atoms with Gasteiger partial charge in [0.25, 0.3) is 0 Å². The molecular weight excluding hydrogens is 248 g/mol. The van der Waals surface area contributed by atoms with Crippen molar-refractivity contribution in [3.63, 3.8) is 0 Å². The largest absolute Gasteiger partial charge is 0.481 e. The molecule has 100 valence electrons. The van der Waals surface area contributed by atoms with Crippen LogP contribution in [0.3, 0.4) is 0 Å². The van der Waals surface area contributed by atoms with Gasteiger partial charge in [-0.1, -0.05) is 12.8 Å². The number of rotatable bonds is 4. The van der Waals surface area contributed by atoms with E-state index in [1.165, 1.54) is 12.8 Å². The van der Waals surface area contributed by atoms with Crippen molar-refractivity contribution in [3.8, 4) is 0 Å². The quantitative estimate of drug-likeness (QED) is 0.912. The highest BCUT2D eigenvalue weighted by molar-refractivity contribution is 7.09. The zero-order valence-electron chi connectivity index (χ0n) is 10.8. The van der Waals surface area contributed by atoms with Crippen LogP contribution >= 0.6 is 11.3 Å². The number of thiazole rings is 1. The Morgan fingerprint density at radius 2 is 2.11 bits per heavy atom. The number of aliphatic carboxylic acids is 1. The highest BCUT2D eigenvalue weighted by atomic mass is 32.1. The number of nitrogens with zero attached hydrogens (tertiary/aromatic N) is 2. The predicted molar refractivity (Wildman–Crippen MR) is 71.8 cm³/mol. The van der Waals surface area contributed by atoms with Crippen LogP contribution in [0.2, 0.25) is 0 Å². The first-order chi connectivity index (χ1) is 8.63. The van der Waals surface area contributed by atoms with Crippen LogP contribution in [0.4, 0.5) is 0 Å². The van der Waals surface area contributed by atoms with E-state index in [0.717, 1.165) is 30.9 Å². The third-order valence-electron chi connectivity index (χ3n) is 3.69. The molecule has 1 aliphatic heterocycles. The second-order valence-corrected chi connectivity index (χ2v) is 5.98. The molecule has 0 saturated carbocycles. The minimum absolute atomic E-state index is 0.126. The van der Waals surface area contributed by atoms with Crippen LogP contribution in [0.25, 0.3) is 0 Å². The molecule has 1 atom stereocenters. The van der Waals surface area contributed by atoms with E-state index in [1.54, 1.807) is 17.5 Å². The lowest BCUT2D eigenvalue weighted by Gasteiger charge is -2.38. The monoisotopic (exact) mass is 268 g/mol. The van der Waals surface area contributed by atoms with Crippen molar-refractivity contribution in [2.75, 3.05) is 13.1 Å². The highest BCUT2D eigenvalue weighted by Gasteiger charge is 2.38. The Morgan fingerprint density at radius 3 is 2.61 bits per heavy atom. The first kappa shape index (κ1) is 13.5. The summed E-state index contributed by atoms with van der Waals surface area (Å²) in [7, 11) is 0. The van der Waals surface area contributed by atoms with Crippen molar-refractivity contribution in [2.24, 2.45) is 0 Å². The summed E-state index contributed by atoms with van der Waals surface area (Å²) in [5.41, 5.74) is -0.454. The van der Waals surface area contributed by atoms with Gasteiger partial charge >= 0.3 is 5.97 Å². The summed E-state index contributed by atoms with van der Waals surface area (Å²) in [6.45, 7) is 3.97. The molecule has 1 fully saturated rings. The molecule has 1 saturated heterocycles. The summed E-state index contributed by atoms with van der Waals surface area (Å²) in [5, 5.41) is 12.0. The molecule has 1 unspecified atom stereocenters. The van der Waals surface area contributed by atoms with Gasteiger partial charge in [-0.15, -0.1) is 11.3 Å². The molecule has 18 heavy (non-hydrogen) atoms. The lowest BCUT2D eigenvalue weighted by atomic mass is 9.95. The molecule has 1 aromatic rings. The normalized spacial score (nSPS) is 21.2. The van der Waals surface area contributed by atoms with Gasteiger partial charge in [-0.25, -0.2) is 4.98 Å². The second kappa shape index (κ2) is 5.80. The Kier molecular flexibility index (Phi) is 4.35. The average Bonchev–Trinajstić information content (AvgIpc) is 2.71. The van der Waals surface area contributed by atoms with E-state index in [-0.39, 0.29) is 6.42 Å². The van der Waals surface area contributed by atoms with E-state index in [2.05, 4.69) is 9.88 Å². The molecule has 2 rings (SSSR count). The third-order valence-corrected chi connectivity index (χ3v) is 4.72. The maximum absolute atomic E-state index is 11.2. The SMILES string of the molecule is CC(CC(=O)O)(c1nccs1)N1CCCCCC1. The average molecular weight is 268 g/mol. The van der Waals surface area contributed by atoms with Gasteiger partial charge in [0, 0.05) is 11.6 Å². The molecular formula is C13H20N2O2S. The molecule has 0 spiro atoms. The Bertz CT molecular complexity index is 386. The number of carbonyl (C=O) groups is 1. The number of hydrogen-bond donors (Lipinski definition) is 1. The van der Waals surface area contributed by atoms with Crippen LogP contribution in [-0.4, -0.2) is 34.0 Å². The topological polar surface area (TPSA) is 53.4 Å². The van der Waals surface area contributed by atoms with Crippen LogP contribution in [0.1, 0.15) is 44.0 Å². The minimum atomic E-state index is -0.753. The Labute approximate surface area is 112 Å². The first-order valence-electron chi connectivity index (χ1n) is 6.50. The smallest absolute Gasteiger partial charge is 0.305 e. The second-order valence-electron chi connectivity index (χ2n) is 5.08. The predicted octanol–water partition coefficient (Wildman–Crippen LogP) is 2.71. The summed E-state index contributed by atoms with van der Waals surface area (Å²) < 4.78 is 0. The number of aromatic nitrogens is 1. The summed E-state index contributed by atoms with van der Waals surface area (Å²) in [5.74, 6) is -0.753. The molecule has 0 aliphatic carbocycles. The maximum atomic E-state index is 11.2. The van der Waals surface area contributed by atoms with Crippen LogP contribution in [0, 0.1) is 0 Å². The van der Waals surface area contributed by atoms with E-state index in [4.69, 9.17) is 0 Å². The Balaban J connectivity index is 2.25. The van der Waals surface area contributed by atoms with Crippen molar-refractivity contribution < 1.29 is 9.90 Å². The van der Waals surface area contributed by atoms with Gasteiger partial charge in [0.2, 0.25) is 0 Å². The molecule has 1 N–H and O–H groups in total. The van der Waals surface area contributed by atoms with Gasteiger partial charge in [-0.05, 0) is 32.9 Å². The highest BCUT2D eigenvalue weighted by Crippen LogP contribution is 2.34. The van der Waals surface area contributed by atoms with Gasteiger partial charge in [0.15, 0.2) is 0 Å². The van der Waals surface area contributed by atoms with E-state index >= 15 is 0 Å². The molecule has 5 heteroatoms. The third kappa shape index (κ3) is 2.90. The van der Waals surface area contributed by atoms with E-state index in [1.807, 2.05) is 12.3 Å². The van der Waals surface area contributed by atoms with Crippen molar-refractivity contribution in [1.29, 1.82) is 0 Å². The van der Waals surface area contributed by atoms with Gasteiger partial charge in [0.05, 0.1) is 12.0 Å². The van der Waals surface area contributed by atoms with Crippen molar-refractivity contribution in [3.05, 3.63) is 16.6 Å². The van der Waals surface area contributed by atoms with Gasteiger partial charge in [0.1, 0.15) is 5.01 Å². The van der Waals surface area contributed by atoms with E-state index in [0.29, 0.717) is 0 Å². The number of likely N-dealkylation sites (tertiary alicyclic amines) is 1. The maximum Gasteiger partial charge on any atom is 0.305 e. The van der Waals surface area contributed by atoms with Gasteiger partial charge in [-0.2, -0.15) is 0 Å². The number of hydrogen-bond acceptors (Lipinski definition) is 4. The Hall–Kier alpha value is -0.940. The fourth-order valence-corrected chi connectivity index (χ4v) is 3.50. The Morgan fingerprint density at radius 1 is 1.44 bits per heavy atom. The van der Waals surface area contributed by atoms with Crippen molar-refractivity contribution in [1.82, 2.24) is 9.88 Å². The molecule has 0 amide bonds. The molecule has 2 heterocycles. The van der Waals surface area contributed by atoms with Crippen molar-refractivity contribution in [2.45, 2.75) is 44.6 Å². The fraction of sp³-hybridized carbons (Fsp3) is 0.692. The van der Waals surface area contributed by atoms with Gasteiger partial charge in [-0.3, -0.25) is 9.69 Å². The van der Waals surface area contributed by atoms with E-state index < -0.39 is 11.5 Å². The molecule has 1 aliphatic rings. The zero-order chi connectivity index (χ0) is 13.0. The number of carboxylic acids is 1. The zero-order valence-corrected chi connectivity index (χ0v) is 11.6. The lowest BCUT2D eigenvalue weighted by Crippen LogP contribution is -2.45. The summed E-state index contributed by atoms with van der Waals surface area (Å²) >= 11 is 1.56. The molecule has 0 aromatic carbocycles. The molecule has 0 radical (unpaired) electrons. The summed E-state index contributed by atoms with van der Waals surface area (Å²) in [4.78, 5) is 17.9.